The lowest BCUT2D eigenvalue weighted by Gasteiger charge is -2.23. The van der Waals surface area contributed by atoms with Gasteiger partial charge in [-0.2, -0.15) is 0 Å². The van der Waals surface area contributed by atoms with Crippen molar-refractivity contribution in [2.75, 3.05) is 13.6 Å². The summed E-state index contributed by atoms with van der Waals surface area (Å²) in [6.07, 6.45) is 2.83. The Morgan fingerprint density at radius 3 is 2.43 bits per heavy atom. The van der Waals surface area contributed by atoms with Crippen molar-refractivity contribution in [1.82, 2.24) is 14.0 Å². The van der Waals surface area contributed by atoms with Crippen molar-refractivity contribution in [3.8, 4) is 16.8 Å². The van der Waals surface area contributed by atoms with Gasteiger partial charge in [0.05, 0.1) is 11.2 Å². The second-order valence-electron chi connectivity index (χ2n) is 7.80. The van der Waals surface area contributed by atoms with E-state index in [0.717, 1.165) is 41.8 Å². The van der Waals surface area contributed by atoms with E-state index < -0.39 is 0 Å². The Bertz CT molecular complexity index is 1290. The molecule has 0 unspecified atom stereocenters. The number of hydrogen-bond donors (Lipinski definition) is 0. The standard InChI is InChI=1S/C24H22FN3O.ClH/c1-26-11-10-22-21(15-26)20-8-7-19(14-23(20)27(22)2)28-12-9-17(13-24(28)29)16-3-5-18(25)6-4-16;/h3-9,12-14H,10-11,15H2,1-2H3;1H. The first-order valence-corrected chi connectivity index (χ1v) is 9.79. The number of pyridine rings is 1. The van der Waals surface area contributed by atoms with Crippen LogP contribution in [-0.2, 0) is 20.0 Å². The van der Waals surface area contributed by atoms with Crippen molar-refractivity contribution >= 4 is 23.3 Å². The predicted octanol–water partition coefficient (Wildman–Crippen LogP) is 4.55. The average Bonchev–Trinajstić information content (AvgIpc) is 2.99. The van der Waals surface area contributed by atoms with Crippen molar-refractivity contribution in [3.05, 3.63) is 88.2 Å². The van der Waals surface area contributed by atoms with Crippen LogP contribution in [0, 0.1) is 5.82 Å². The van der Waals surface area contributed by atoms with E-state index in [4.69, 9.17) is 0 Å². The number of aromatic nitrogens is 2. The lowest BCUT2D eigenvalue weighted by Crippen LogP contribution is -2.26. The van der Waals surface area contributed by atoms with Crippen LogP contribution < -0.4 is 5.56 Å². The molecule has 0 spiro atoms. The monoisotopic (exact) mass is 423 g/mol. The summed E-state index contributed by atoms with van der Waals surface area (Å²) in [7, 11) is 4.26. The van der Waals surface area contributed by atoms with E-state index in [9.17, 15) is 9.18 Å². The first kappa shape index (κ1) is 20.4. The number of rotatable bonds is 2. The maximum atomic E-state index is 13.2. The first-order valence-electron chi connectivity index (χ1n) is 9.79. The molecule has 4 nitrogen and oxygen atoms in total. The summed E-state index contributed by atoms with van der Waals surface area (Å²) < 4.78 is 17.1. The molecule has 30 heavy (non-hydrogen) atoms. The summed E-state index contributed by atoms with van der Waals surface area (Å²) in [5, 5.41) is 1.26. The lowest BCUT2D eigenvalue weighted by atomic mass is 10.0. The third-order valence-corrected chi connectivity index (χ3v) is 5.95. The zero-order chi connectivity index (χ0) is 20.1. The minimum absolute atomic E-state index is 0. The van der Waals surface area contributed by atoms with Gasteiger partial charge in [0.25, 0.3) is 5.56 Å². The number of halogens is 2. The smallest absolute Gasteiger partial charge is 0.255 e. The molecule has 0 saturated carbocycles. The van der Waals surface area contributed by atoms with Crippen LogP contribution in [0.15, 0.2) is 65.6 Å². The van der Waals surface area contributed by atoms with Gasteiger partial charge in [0, 0.05) is 49.9 Å². The highest BCUT2D eigenvalue weighted by molar-refractivity contribution is 5.87. The van der Waals surface area contributed by atoms with Crippen molar-refractivity contribution < 1.29 is 4.39 Å². The fraction of sp³-hybridized carbons (Fsp3) is 0.208. The molecule has 0 fully saturated rings. The van der Waals surface area contributed by atoms with Gasteiger partial charge in [-0.05, 0) is 54.1 Å². The minimum atomic E-state index is -0.285. The quantitative estimate of drug-likeness (QED) is 0.473. The van der Waals surface area contributed by atoms with Crippen LogP contribution in [0.3, 0.4) is 0 Å². The fourth-order valence-electron chi connectivity index (χ4n) is 4.36. The van der Waals surface area contributed by atoms with E-state index in [2.05, 4.69) is 35.7 Å². The molecule has 1 aliphatic heterocycles. The molecule has 4 aromatic rings. The van der Waals surface area contributed by atoms with Gasteiger partial charge in [-0.25, -0.2) is 4.39 Å². The number of fused-ring (bicyclic) bond motifs is 3. The molecule has 2 aromatic heterocycles. The molecule has 5 rings (SSSR count). The van der Waals surface area contributed by atoms with Gasteiger partial charge in [0.15, 0.2) is 0 Å². The molecule has 154 valence electrons. The van der Waals surface area contributed by atoms with Crippen LogP contribution in [0.1, 0.15) is 11.3 Å². The van der Waals surface area contributed by atoms with E-state index in [1.807, 2.05) is 12.1 Å². The Morgan fingerprint density at radius 1 is 0.933 bits per heavy atom. The van der Waals surface area contributed by atoms with E-state index >= 15 is 0 Å². The largest absolute Gasteiger partial charge is 0.347 e. The van der Waals surface area contributed by atoms with Gasteiger partial charge in [0.2, 0.25) is 0 Å². The molecule has 6 heteroatoms. The molecular formula is C24H23ClFN3O. The zero-order valence-electron chi connectivity index (χ0n) is 16.9. The number of nitrogens with zero attached hydrogens (tertiary/aromatic N) is 3. The Balaban J connectivity index is 0.00000218. The van der Waals surface area contributed by atoms with Gasteiger partial charge in [-0.3, -0.25) is 9.36 Å². The Hall–Kier alpha value is -2.89. The molecule has 3 heterocycles. The molecule has 2 aromatic carbocycles. The normalized spacial score (nSPS) is 13.8. The molecule has 0 amide bonds. The summed E-state index contributed by atoms with van der Waals surface area (Å²) in [5.74, 6) is -0.285. The summed E-state index contributed by atoms with van der Waals surface area (Å²) in [6.45, 7) is 2.02. The number of aryl methyl sites for hydroxylation is 1. The third-order valence-electron chi connectivity index (χ3n) is 5.95. The van der Waals surface area contributed by atoms with Gasteiger partial charge in [0.1, 0.15) is 5.82 Å². The van der Waals surface area contributed by atoms with Crippen LogP contribution in [0.2, 0.25) is 0 Å². The third kappa shape index (κ3) is 3.34. The van der Waals surface area contributed by atoms with Crippen LogP contribution in [0.25, 0.3) is 27.7 Å². The highest BCUT2D eigenvalue weighted by atomic mass is 35.5. The average molecular weight is 424 g/mol. The summed E-state index contributed by atoms with van der Waals surface area (Å²) in [5.41, 5.74) is 6.27. The lowest BCUT2D eigenvalue weighted by molar-refractivity contribution is 0.310. The van der Waals surface area contributed by atoms with Crippen molar-refractivity contribution in [2.45, 2.75) is 13.0 Å². The highest BCUT2D eigenvalue weighted by Crippen LogP contribution is 2.31. The highest BCUT2D eigenvalue weighted by Gasteiger charge is 2.21. The molecule has 0 bridgehead atoms. The van der Waals surface area contributed by atoms with Crippen LogP contribution in [0.5, 0.6) is 0 Å². The number of benzene rings is 2. The van der Waals surface area contributed by atoms with E-state index in [1.54, 1.807) is 29.0 Å². The molecule has 0 atom stereocenters. The van der Waals surface area contributed by atoms with Gasteiger partial charge < -0.3 is 9.47 Å². The Labute approximate surface area is 180 Å². The molecule has 0 aliphatic carbocycles. The van der Waals surface area contributed by atoms with Crippen molar-refractivity contribution in [3.63, 3.8) is 0 Å². The van der Waals surface area contributed by atoms with Crippen LogP contribution in [0.4, 0.5) is 4.39 Å². The van der Waals surface area contributed by atoms with Crippen molar-refractivity contribution in [2.24, 2.45) is 7.05 Å². The number of hydrogen-bond acceptors (Lipinski definition) is 2. The zero-order valence-corrected chi connectivity index (χ0v) is 17.7. The van der Waals surface area contributed by atoms with E-state index in [1.165, 1.54) is 28.8 Å². The second-order valence-corrected chi connectivity index (χ2v) is 7.80. The second kappa shape index (κ2) is 7.74. The Kier molecular flexibility index (Phi) is 5.26. The molecule has 0 saturated heterocycles. The molecular weight excluding hydrogens is 401 g/mol. The fourth-order valence-corrected chi connectivity index (χ4v) is 4.36. The minimum Gasteiger partial charge on any atom is -0.347 e. The first-order chi connectivity index (χ1) is 14.0. The van der Waals surface area contributed by atoms with Crippen LogP contribution in [-0.4, -0.2) is 27.6 Å². The summed E-state index contributed by atoms with van der Waals surface area (Å²) in [6, 6.07) is 15.9. The van der Waals surface area contributed by atoms with Gasteiger partial charge in [-0.15, -0.1) is 12.4 Å². The van der Waals surface area contributed by atoms with Crippen molar-refractivity contribution in [1.29, 1.82) is 0 Å². The van der Waals surface area contributed by atoms with Gasteiger partial charge in [-0.1, -0.05) is 18.2 Å². The predicted molar refractivity (Wildman–Crippen MR) is 121 cm³/mol. The summed E-state index contributed by atoms with van der Waals surface area (Å²) in [4.78, 5) is 15.2. The molecule has 1 aliphatic rings. The maximum Gasteiger partial charge on any atom is 0.255 e. The number of likely N-dealkylation sites (N-methyl/N-ethyl adjacent to an activating group) is 1. The van der Waals surface area contributed by atoms with E-state index in [0.29, 0.717) is 0 Å². The Morgan fingerprint density at radius 2 is 1.70 bits per heavy atom. The topological polar surface area (TPSA) is 30.2 Å². The summed E-state index contributed by atoms with van der Waals surface area (Å²) >= 11 is 0. The molecule has 0 N–H and O–H groups in total. The van der Waals surface area contributed by atoms with Gasteiger partial charge >= 0.3 is 0 Å². The maximum absolute atomic E-state index is 13.2. The van der Waals surface area contributed by atoms with Crippen LogP contribution >= 0.6 is 12.4 Å². The van der Waals surface area contributed by atoms with E-state index in [-0.39, 0.29) is 23.8 Å². The molecule has 0 radical (unpaired) electrons. The SMILES string of the molecule is CN1CCc2c(c3ccc(-n4ccc(-c5ccc(F)cc5)cc4=O)cc3n2C)C1.Cl.